The molecule has 7 nitrogen and oxygen atoms in total. The van der Waals surface area contributed by atoms with Gasteiger partial charge in [0, 0.05) is 37.4 Å². The van der Waals surface area contributed by atoms with Gasteiger partial charge in [-0.05, 0) is 54.8 Å². The number of para-hydroxylation sites is 1. The number of amides is 3. The number of anilines is 2. The highest BCUT2D eigenvalue weighted by atomic mass is 32.1. The number of carbonyl (C=O) groups is 2. The van der Waals surface area contributed by atoms with Crippen LogP contribution >= 0.6 is 11.3 Å². The Hall–Kier alpha value is -3.75. The maximum absolute atomic E-state index is 12.7. The molecule has 1 fully saturated rings. The Morgan fingerprint density at radius 2 is 1.77 bits per heavy atom. The number of nitrogens with one attached hydrogen (secondary N) is 3. The Labute approximate surface area is 208 Å². The monoisotopic (exact) mass is 485 g/mol. The maximum Gasteiger partial charge on any atom is 0.321 e. The number of rotatable bonds is 5. The van der Waals surface area contributed by atoms with E-state index in [1.54, 1.807) is 0 Å². The van der Waals surface area contributed by atoms with E-state index in [1.807, 2.05) is 72.5 Å². The van der Waals surface area contributed by atoms with Gasteiger partial charge in [-0.3, -0.25) is 10.1 Å². The molecular weight excluding hydrogens is 458 g/mol. The summed E-state index contributed by atoms with van der Waals surface area (Å²) in [6.07, 6.45) is 0.651. The molecule has 0 atom stereocenters. The van der Waals surface area contributed by atoms with Crippen molar-refractivity contribution >= 4 is 44.3 Å². The summed E-state index contributed by atoms with van der Waals surface area (Å²) in [5, 5.41) is 9.83. The maximum atomic E-state index is 12.7. The van der Waals surface area contributed by atoms with Crippen LogP contribution in [0.15, 0.2) is 66.7 Å². The van der Waals surface area contributed by atoms with Gasteiger partial charge in [0.1, 0.15) is 0 Å². The molecule has 0 bridgehead atoms. The van der Waals surface area contributed by atoms with Crippen molar-refractivity contribution in [2.24, 2.45) is 0 Å². The molecule has 3 N–H and O–H groups in total. The topological polar surface area (TPSA) is 86.4 Å². The number of nitrogens with zero attached hydrogens (tertiary/aromatic N) is 2. The number of hydrogen-bond donors (Lipinski definition) is 3. The second-order valence-electron chi connectivity index (χ2n) is 8.64. The molecule has 5 rings (SSSR count). The lowest BCUT2D eigenvalue weighted by molar-refractivity contribution is 0.102. The van der Waals surface area contributed by atoms with E-state index in [0.29, 0.717) is 30.2 Å². The van der Waals surface area contributed by atoms with Gasteiger partial charge in [-0.25, -0.2) is 9.78 Å². The third-order valence-electron chi connectivity index (χ3n) is 6.03. The predicted octanol–water partition coefficient (Wildman–Crippen LogP) is 4.88. The zero-order valence-corrected chi connectivity index (χ0v) is 20.3. The first-order valence-electron chi connectivity index (χ1n) is 11.7. The van der Waals surface area contributed by atoms with Crippen LogP contribution in [0.5, 0.6) is 0 Å². The fraction of sp³-hybridized carbons (Fsp3) is 0.222. The summed E-state index contributed by atoms with van der Waals surface area (Å²) in [5.74, 6) is -0.185. The molecule has 0 aliphatic carbocycles. The van der Waals surface area contributed by atoms with Gasteiger partial charge in [-0.15, -0.1) is 0 Å². The normalized spacial score (nSPS) is 13.6. The Balaban J connectivity index is 1.27. The highest BCUT2D eigenvalue weighted by Crippen LogP contribution is 2.26. The third-order valence-corrected chi connectivity index (χ3v) is 6.98. The number of urea groups is 1. The minimum Gasteiger partial charge on any atom is -0.322 e. The van der Waals surface area contributed by atoms with E-state index < -0.39 is 0 Å². The number of carbonyl (C=O) groups excluding carboxylic acids is 2. The molecule has 0 unspecified atom stereocenters. The predicted molar refractivity (Wildman–Crippen MR) is 141 cm³/mol. The van der Waals surface area contributed by atoms with E-state index in [1.165, 1.54) is 11.3 Å². The Kier molecular flexibility index (Phi) is 6.74. The number of aryl methyl sites for hydroxylation is 1. The van der Waals surface area contributed by atoms with Gasteiger partial charge in [-0.1, -0.05) is 53.3 Å². The third kappa shape index (κ3) is 5.50. The molecule has 1 aliphatic rings. The van der Waals surface area contributed by atoms with Crippen molar-refractivity contribution < 1.29 is 9.59 Å². The van der Waals surface area contributed by atoms with Gasteiger partial charge < -0.3 is 15.5 Å². The highest BCUT2D eigenvalue weighted by Gasteiger charge is 2.17. The summed E-state index contributed by atoms with van der Waals surface area (Å²) < 4.78 is 1.04. The van der Waals surface area contributed by atoms with Crippen molar-refractivity contribution in [1.29, 1.82) is 0 Å². The average molecular weight is 486 g/mol. The molecule has 0 saturated carbocycles. The molecule has 2 heterocycles. The molecular formula is C27H27N5O2S. The molecule has 1 aromatic heterocycles. The van der Waals surface area contributed by atoms with Crippen LogP contribution in [-0.4, -0.2) is 48.0 Å². The smallest absolute Gasteiger partial charge is 0.321 e. The molecule has 3 aromatic carbocycles. The van der Waals surface area contributed by atoms with E-state index in [4.69, 9.17) is 0 Å². The van der Waals surface area contributed by atoms with Crippen molar-refractivity contribution in [3.63, 3.8) is 0 Å². The minimum atomic E-state index is -0.185. The summed E-state index contributed by atoms with van der Waals surface area (Å²) in [7, 11) is 0. The highest BCUT2D eigenvalue weighted by molar-refractivity contribution is 7.22. The van der Waals surface area contributed by atoms with Gasteiger partial charge in [0.15, 0.2) is 5.13 Å². The van der Waals surface area contributed by atoms with Crippen LogP contribution in [0.4, 0.5) is 15.6 Å². The van der Waals surface area contributed by atoms with Crippen molar-refractivity contribution in [2.45, 2.75) is 13.3 Å². The molecule has 1 aliphatic heterocycles. The molecule has 0 radical (unpaired) electrons. The van der Waals surface area contributed by atoms with Crippen LogP contribution in [0.25, 0.3) is 10.2 Å². The van der Waals surface area contributed by atoms with E-state index in [0.717, 1.165) is 45.7 Å². The number of piperazine rings is 1. The van der Waals surface area contributed by atoms with Crippen molar-refractivity contribution in [1.82, 2.24) is 15.2 Å². The van der Waals surface area contributed by atoms with E-state index in [-0.39, 0.29) is 11.9 Å². The van der Waals surface area contributed by atoms with Gasteiger partial charge in [-0.2, -0.15) is 0 Å². The summed E-state index contributed by atoms with van der Waals surface area (Å²) in [4.78, 5) is 31.8. The molecule has 178 valence electrons. The molecule has 0 spiro atoms. The van der Waals surface area contributed by atoms with Crippen LogP contribution in [0, 0.1) is 6.92 Å². The lowest BCUT2D eigenvalue weighted by atomic mass is 10.00. The molecule has 8 heteroatoms. The van der Waals surface area contributed by atoms with E-state index in [9.17, 15) is 9.59 Å². The minimum absolute atomic E-state index is 0.0709. The van der Waals surface area contributed by atoms with Crippen molar-refractivity contribution in [2.75, 3.05) is 36.8 Å². The lowest BCUT2D eigenvalue weighted by Crippen LogP contribution is -2.48. The average Bonchev–Trinajstić information content (AvgIpc) is 3.29. The lowest BCUT2D eigenvalue weighted by Gasteiger charge is -2.28. The summed E-state index contributed by atoms with van der Waals surface area (Å²) >= 11 is 1.46. The van der Waals surface area contributed by atoms with Gasteiger partial charge in [0.25, 0.3) is 5.91 Å². The quantitative estimate of drug-likeness (QED) is 0.376. The van der Waals surface area contributed by atoms with Crippen molar-refractivity contribution in [3.05, 3.63) is 89.0 Å². The van der Waals surface area contributed by atoms with Gasteiger partial charge >= 0.3 is 6.03 Å². The molecule has 35 heavy (non-hydrogen) atoms. The van der Waals surface area contributed by atoms with Gasteiger partial charge in [0.2, 0.25) is 0 Å². The first kappa shape index (κ1) is 23.0. The number of thiazole rings is 1. The Bertz CT molecular complexity index is 1330. The molecule has 4 aromatic rings. The summed E-state index contributed by atoms with van der Waals surface area (Å²) in [6.45, 7) is 5.07. The number of benzene rings is 3. The summed E-state index contributed by atoms with van der Waals surface area (Å²) in [5.41, 5.74) is 5.50. The number of hydrogen-bond acceptors (Lipinski definition) is 5. The second kappa shape index (κ2) is 10.2. The van der Waals surface area contributed by atoms with Crippen LogP contribution in [0.2, 0.25) is 0 Å². The molecule has 3 amide bonds. The molecule has 1 saturated heterocycles. The summed E-state index contributed by atoms with van der Waals surface area (Å²) in [6, 6.07) is 21.4. The van der Waals surface area contributed by atoms with Crippen LogP contribution in [0.1, 0.15) is 27.0 Å². The second-order valence-corrected chi connectivity index (χ2v) is 9.67. The largest absolute Gasteiger partial charge is 0.322 e. The Morgan fingerprint density at radius 3 is 2.54 bits per heavy atom. The van der Waals surface area contributed by atoms with Crippen LogP contribution in [0.3, 0.4) is 0 Å². The standard InChI is InChI=1S/C27H27N5O2S/c1-18-6-11-22(30-27(34)32-14-12-28-13-15-32)21(16-18)17-19-7-9-20(10-8-19)25(33)31-26-29-23-4-2-3-5-24(23)35-26/h2-11,16,28H,12-15,17H2,1H3,(H,30,34)(H,29,31,33). The first-order valence-corrected chi connectivity index (χ1v) is 12.5. The van der Waals surface area contributed by atoms with Crippen LogP contribution in [-0.2, 0) is 6.42 Å². The SMILES string of the molecule is Cc1ccc(NC(=O)N2CCNCC2)c(Cc2ccc(C(=O)Nc3nc4ccccc4s3)cc2)c1. The van der Waals surface area contributed by atoms with E-state index >= 15 is 0 Å². The van der Waals surface area contributed by atoms with E-state index in [2.05, 4.69) is 27.0 Å². The van der Waals surface area contributed by atoms with Crippen molar-refractivity contribution in [3.8, 4) is 0 Å². The number of fused-ring (bicyclic) bond motifs is 1. The number of aromatic nitrogens is 1. The zero-order valence-electron chi connectivity index (χ0n) is 19.5. The first-order chi connectivity index (χ1) is 17.0. The van der Waals surface area contributed by atoms with Crippen LogP contribution < -0.4 is 16.0 Å². The zero-order chi connectivity index (χ0) is 24.2. The fourth-order valence-corrected chi connectivity index (χ4v) is 5.00. The van der Waals surface area contributed by atoms with Gasteiger partial charge in [0.05, 0.1) is 10.2 Å². The fourth-order valence-electron chi connectivity index (χ4n) is 4.14. The Morgan fingerprint density at radius 1 is 1.00 bits per heavy atom.